The third-order valence-corrected chi connectivity index (χ3v) is 3.46. The molecule has 0 aliphatic heterocycles. The Balaban J connectivity index is 1.81. The van der Waals surface area contributed by atoms with Gasteiger partial charge in [0, 0.05) is 12.6 Å². The van der Waals surface area contributed by atoms with Crippen molar-refractivity contribution in [3.63, 3.8) is 0 Å². The Morgan fingerprint density at radius 1 is 1.19 bits per heavy atom. The Hall–Kier alpha value is -2.04. The molecule has 0 spiro atoms. The van der Waals surface area contributed by atoms with Crippen molar-refractivity contribution >= 4 is 11.9 Å². The third-order valence-electron chi connectivity index (χ3n) is 3.46. The lowest BCUT2D eigenvalue weighted by atomic mass is 10.0. The van der Waals surface area contributed by atoms with E-state index in [0.717, 1.165) is 18.4 Å². The number of carbonyl (C=O) groups is 2. The smallest absolute Gasteiger partial charge is 0.315 e. The molecule has 5 nitrogen and oxygen atoms in total. The molecule has 21 heavy (non-hydrogen) atoms. The van der Waals surface area contributed by atoms with Crippen molar-refractivity contribution in [2.45, 2.75) is 45.3 Å². The zero-order valence-corrected chi connectivity index (χ0v) is 12.6. The molecule has 0 aromatic heterocycles. The Morgan fingerprint density at radius 3 is 2.43 bits per heavy atom. The summed E-state index contributed by atoms with van der Waals surface area (Å²) in [6, 6.07) is 9.16. The number of amides is 3. The summed E-state index contributed by atoms with van der Waals surface area (Å²) in [4.78, 5) is 24.0. The average Bonchev–Trinajstić information content (AvgIpc) is 3.27. The van der Waals surface area contributed by atoms with Crippen LogP contribution in [0.5, 0.6) is 0 Å². The van der Waals surface area contributed by atoms with Crippen molar-refractivity contribution in [1.29, 1.82) is 0 Å². The van der Waals surface area contributed by atoms with Gasteiger partial charge in [0.05, 0.1) is 0 Å². The lowest BCUT2D eigenvalue weighted by Gasteiger charge is -2.22. The van der Waals surface area contributed by atoms with Crippen LogP contribution in [0.3, 0.4) is 0 Å². The minimum Gasteiger partial charge on any atom is -0.352 e. The molecule has 1 aromatic rings. The molecule has 0 bridgehead atoms. The Bertz CT molecular complexity index is 484. The summed E-state index contributed by atoms with van der Waals surface area (Å²) in [6.07, 6.45) is 2.08. The van der Waals surface area contributed by atoms with Gasteiger partial charge >= 0.3 is 6.03 Å². The maximum Gasteiger partial charge on any atom is 0.315 e. The van der Waals surface area contributed by atoms with E-state index >= 15 is 0 Å². The summed E-state index contributed by atoms with van der Waals surface area (Å²) < 4.78 is 0. The van der Waals surface area contributed by atoms with Crippen LogP contribution in [0.2, 0.25) is 0 Å². The molecular weight excluding hydrogens is 266 g/mol. The van der Waals surface area contributed by atoms with Gasteiger partial charge in [0.15, 0.2) is 0 Å². The van der Waals surface area contributed by atoms with Crippen LogP contribution in [0, 0.1) is 5.92 Å². The Labute approximate surface area is 125 Å². The number of benzene rings is 1. The van der Waals surface area contributed by atoms with Crippen LogP contribution in [0.1, 0.15) is 32.3 Å². The highest BCUT2D eigenvalue weighted by Crippen LogP contribution is 2.19. The van der Waals surface area contributed by atoms with E-state index < -0.39 is 6.04 Å². The fraction of sp³-hybridized carbons (Fsp3) is 0.500. The molecular formula is C16H23N3O2. The standard InChI is InChI=1S/C16H23N3O2/c1-11(2)14(15(20)18-13-8-9-13)19-16(21)17-10-12-6-4-3-5-7-12/h3-7,11,13-14H,8-10H2,1-2H3,(H,18,20)(H2,17,19,21). The van der Waals surface area contributed by atoms with Crippen molar-refractivity contribution in [2.75, 3.05) is 0 Å². The van der Waals surface area contributed by atoms with Gasteiger partial charge in [-0.1, -0.05) is 44.2 Å². The van der Waals surface area contributed by atoms with Crippen LogP contribution in [-0.2, 0) is 11.3 Å². The van der Waals surface area contributed by atoms with Crippen LogP contribution in [0.4, 0.5) is 4.79 Å². The minimum atomic E-state index is -0.499. The van der Waals surface area contributed by atoms with Gasteiger partial charge < -0.3 is 16.0 Å². The second-order valence-electron chi connectivity index (χ2n) is 5.82. The first-order chi connectivity index (χ1) is 10.1. The van der Waals surface area contributed by atoms with E-state index in [0.29, 0.717) is 12.6 Å². The highest BCUT2D eigenvalue weighted by Gasteiger charge is 2.29. The molecule has 2 rings (SSSR count). The zero-order chi connectivity index (χ0) is 15.2. The average molecular weight is 289 g/mol. The van der Waals surface area contributed by atoms with Crippen molar-refractivity contribution in [3.05, 3.63) is 35.9 Å². The van der Waals surface area contributed by atoms with Crippen LogP contribution in [0.25, 0.3) is 0 Å². The maximum absolute atomic E-state index is 12.1. The molecule has 1 unspecified atom stereocenters. The molecule has 1 aliphatic carbocycles. The van der Waals surface area contributed by atoms with Crippen molar-refractivity contribution < 1.29 is 9.59 Å². The predicted octanol–water partition coefficient (Wildman–Crippen LogP) is 1.79. The fourth-order valence-electron chi connectivity index (χ4n) is 2.02. The Kier molecular flexibility index (Phi) is 5.20. The van der Waals surface area contributed by atoms with Gasteiger partial charge in [0.1, 0.15) is 6.04 Å². The maximum atomic E-state index is 12.1. The molecule has 0 heterocycles. The number of nitrogens with one attached hydrogen (secondary N) is 3. The number of urea groups is 1. The molecule has 5 heteroatoms. The van der Waals surface area contributed by atoms with Crippen molar-refractivity contribution in [2.24, 2.45) is 5.92 Å². The van der Waals surface area contributed by atoms with E-state index in [9.17, 15) is 9.59 Å². The second-order valence-corrected chi connectivity index (χ2v) is 5.82. The largest absolute Gasteiger partial charge is 0.352 e. The van der Waals surface area contributed by atoms with Crippen LogP contribution in [0.15, 0.2) is 30.3 Å². The zero-order valence-electron chi connectivity index (χ0n) is 12.6. The van der Waals surface area contributed by atoms with Crippen LogP contribution < -0.4 is 16.0 Å². The first-order valence-corrected chi connectivity index (χ1v) is 7.45. The third kappa shape index (κ3) is 5.10. The van der Waals surface area contributed by atoms with E-state index in [1.165, 1.54) is 0 Å². The Morgan fingerprint density at radius 2 is 1.86 bits per heavy atom. The predicted molar refractivity (Wildman–Crippen MR) is 81.6 cm³/mol. The SMILES string of the molecule is CC(C)C(NC(=O)NCc1ccccc1)C(=O)NC1CC1. The summed E-state index contributed by atoms with van der Waals surface area (Å²) in [7, 11) is 0. The molecule has 3 amide bonds. The van der Waals surface area contributed by atoms with Crippen LogP contribution >= 0.6 is 0 Å². The highest BCUT2D eigenvalue weighted by molar-refractivity contribution is 5.87. The fourth-order valence-corrected chi connectivity index (χ4v) is 2.02. The van der Waals surface area contributed by atoms with E-state index in [2.05, 4.69) is 16.0 Å². The molecule has 1 atom stereocenters. The molecule has 0 radical (unpaired) electrons. The van der Waals surface area contributed by atoms with E-state index in [1.54, 1.807) is 0 Å². The number of rotatable bonds is 6. The van der Waals surface area contributed by atoms with Gasteiger partial charge in [-0.15, -0.1) is 0 Å². The molecule has 3 N–H and O–H groups in total. The molecule has 114 valence electrons. The molecule has 1 aliphatic rings. The second kappa shape index (κ2) is 7.11. The summed E-state index contributed by atoms with van der Waals surface area (Å²) in [5.74, 6) is -0.0476. The molecule has 1 aromatic carbocycles. The van der Waals surface area contributed by atoms with Gasteiger partial charge in [0.2, 0.25) is 5.91 Å². The van der Waals surface area contributed by atoms with E-state index in [4.69, 9.17) is 0 Å². The van der Waals surface area contributed by atoms with Gasteiger partial charge in [-0.2, -0.15) is 0 Å². The summed E-state index contributed by atoms with van der Waals surface area (Å²) >= 11 is 0. The quantitative estimate of drug-likeness (QED) is 0.747. The first-order valence-electron chi connectivity index (χ1n) is 7.45. The highest BCUT2D eigenvalue weighted by atomic mass is 16.2. The summed E-state index contributed by atoms with van der Waals surface area (Å²) in [5.41, 5.74) is 1.02. The first kappa shape index (κ1) is 15.4. The van der Waals surface area contributed by atoms with Gasteiger partial charge in [-0.05, 0) is 24.3 Å². The molecule has 0 saturated heterocycles. The van der Waals surface area contributed by atoms with Crippen molar-refractivity contribution in [3.8, 4) is 0 Å². The summed E-state index contributed by atoms with van der Waals surface area (Å²) in [5, 5.41) is 8.47. The van der Waals surface area contributed by atoms with Crippen molar-refractivity contribution in [1.82, 2.24) is 16.0 Å². The monoisotopic (exact) mass is 289 g/mol. The number of hydrogen-bond donors (Lipinski definition) is 3. The lowest BCUT2D eigenvalue weighted by Crippen LogP contribution is -2.52. The molecule has 1 saturated carbocycles. The van der Waals surface area contributed by atoms with Gasteiger partial charge in [-0.25, -0.2) is 4.79 Å². The molecule has 1 fully saturated rings. The minimum absolute atomic E-state index is 0.0474. The van der Waals surface area contributed by atoms with Gasteiger partial charge in [-0.3, -0.25) is 4.79 Å². The number of hydrogen-bond acceptors (Lipinski definition) is 2. The van der Waals surface area contributed by atoms with E-state index in [-0.39, 0.29) is 17.9 Å². The summed E-state index contributed by atoms with van der Waals surface area (Å²) in [6.45, 7) is 4.30. The van der Waals surface area contributed by atoms with Crippen LogP contribution in [-0.4, -0.2) is 24.0 Å². The van der Waals surface area contributed by atoms with E-state index in [1.807, 2.05) is 44.2 Å². The topological polar surface area (TPSA) is 70.2 Å². The lowest BCUT2D eigenvalue weighted by molar-refractivity contribution is -0.124. The normalized spacial score (nSPS) is 15.4. The van der Waals surface area contributed by atoms with Gasteiger partial charge in [0.25, 0.3) is 0 Å². The number of carbonyl (C=O) groups excluding carboxylic acids is 2.